The fourth-order valence-corrected chi connectivity index (χ4v) is 1.29. The number of amides is 2. The van der Waals surface area contributed by atoms with E-state index in [9.17, 15) is 9.59 Å². The largest absolute Gasteiger partial charge is 0.368 e. The molecule has 0 radical (unpaired) electrons. The third kappa shape index (κ3) is 2.44. The Kier molecular flexibility index (Phi) is 2.85. The van der Waals surface area contributed by atoms with Crippen molar-refractivity contribution >= 4 is 23.6 Å². The summed E-state index contributed by atoms with van der Waals surface area (Å²) in [6.45, 7) is 0. The van der Waals surface area contributed by atoms with Gasteiger partial charge in [-0.3, -0.25) is 14.7 Å². The van der Waals surface area contributed by atoms with Crippen molar-refractivity contribution in [1.82, 2.24) is 15.2 Å². The number of hydrogen-bond donors (Lipinski definition) is 3. The van der Waals surface area contributed by atoms with Crippen LogP contribution in [0.4, 0.5) is 0 Å². The Morgan fingerprint density at radius 2 is 2.08 bits per heavy atom. The van der Waals surface area contributed by atoms with Crippen molar-refractivity contribution in [3.05, 3.63) is 6.33 Å². The lowest BCUT2D eigenvalue weighted by Gasteiger charge is -2.04. The summed E-state index contributed by atoms with van der Waals surface area (Å²) in [6.07, 6.45) is 1.25. The molecule has 5 N–H and O–H groups in total. The van der Waals surface area contributed by atoms with Crippen molar-refractivity contribution in [3.63, 3.8) is 0 Å². The maximum absolute atomic E-state index is 10.7. The maximum Gasteiger partial charge on any atom is 0.240 e. The van der Waals surface area contributed by atoms with Crippen LogP contribution in [0.15, 0.2) is 11.5 Å². The molecule has 8 heteroatoms. The van der Waals surface area contributed by atoms with E-state index in [1.54, 1.807) is 0 Å². The van der Waals surface area contributed by atoms with Gasteiger partial charge in [0.05, 0.1) is 0 Å². The third-order valence-electron chi connectivity index (χ3n) is 1.14. The molecule has 0 saturated carbocycles. The number of nitrogens with two attached hydrogens (primary N) is 2. The van der Waals surface area contributed by atoms with Crippen LogP contribution in [0.5, 0.6) is 0 Å². The lowest BCUT2D eigenvalue weighted by atomic mass is 10.4. The first-order chi connectivity index (χ1) is 6.11. The molecule has 7 nitrogen and oxygen atoms in total. The summed E-state index contributed by atoms with van der Waals surface area (Å²) in [5.41, 5.74) is 9.86. The average molecular weight is 201 g/mol. The lowest BCUT2D eigenvalue weighted by Crippen LogP contribution is -2.37. The fraction of sp³-hybridized carbons (Fsp3) is 0.200. The van der Waals surface area contributed by atoms with Crippen LogP contribution in [0.1, 0.15) is 0 Å². The number of aromatic amines is 1. The van der Waals surface area contributed by atoms with E-state index in [0.717, 1.165) is 11.8 Å². The molecule has 0 aliphatic carbocycles. The number of aromatic nitrogens is 3. The molecule has 0 saturated heterocycles. The number of carbonyl (C=O) groups is 2. The van der Waals surface area contributed by atoms with E-state index in [4.69, 9.17) is 11.5 Å². The highest BCUT2D eigenvalue weighted by Gasteiger charge is 2.24. The second kappa shape index (κ2) is 3.90. The van der Waals surface area contributed by atoms with E-state index in [1.165, 1.54) is 6.33 Å². The molecule has 0 spiro atoms. The van der Waals surface area contributed by atoms with Gasteiger partial charge in [0, 0.05) is 0 Å². The standard InChI is InChI=1S/C5H7N5O2S/c6-3(11)2(4(7)12)13-5-8-1-9-10-5/h1-2H,(H2,6,11)(H2,7,12)(H,8,9,10). The highest BCUT2D eigenvalue weighted by Crippen LogP contribution is 2.17. The van der Waals surface area contributed by atoms with E-state index in [0.29, 0.717) is 5.16 Å². The number of primary amides is 2. The van der Waals surface area contributed by atoms with Gasteiger partial charge >= 0.3 is 0 Å². The number of rotatable bonds is 4. The number of H-pyrrole nitrogens is 1. The van der Waals surface area contributed by atoms with Crippen molar-refractivity contribution in [2.75, 3.05) is 0 Å². The van der Waals surface area contributed by atoms with Crippen LogP contribution in [-0.4, -0.2) is 32.2 Å². The number of thioether (sulfide) groups is 1. The highest BCUT2D eigenvalue weighted by molar-refractivity contribution is 8.01. The Hall–Kier alpha value is -1.57. The summed E-state index contributed by atoms with van der Waals surface area (Å²) in [5.74, 6) is -1.59. The summed E-state index contributed by atoms with van der Waals surface area (Å²) in [6, 6.07) is 0. The van der Waals surface area contributed by atoms with E-state index in [2.05, 4.69) is 15.2 Å². The summed E-state index contributed by atoms with van der Waals surface area (Å²) in [5, 5.41) is 5.20. The van der Waals surface area contributed by atoms with E-state index in [1.807, 2.05) is 0 Å². The second-order valence-corrected chi connectivity index (χ2v) is 3.19. The van der Waals surface area contributed by atoms with Crippen molar-refractivity contribution < 1.29 is 9.59 Å². The number of nitrogens with one attached hydrogen (secondary N) is 1. The fourth-order valence-electron chi connectivity index (χ4n) is 0.619. The Balaban J connectivity index is 2.69. The van der Waals surface area contributed by atoms with Gasteiger partial charge in [-0.1, -0.05) is 11.8 Å². The Labute approximate surface area is 77.3 Å². The van der Waals surface area contributed by atoms with Crippen LogP contribution in [0.25, 0.3) is 0 Å². The summed E-state index contributed by atoms with van der Waals surface area (Å²) in [4.78, 5) is 25.1. The predicted octanol–water partition coefficient (Wildman–Crippen LogP) is -1.76. The number of nitrogens with zero attached hydrogens (tertiary/aromatic N) is 2. The Morgan fingerprint density at radius 3 is 2.46 bits per heavy atom. The zero-order valence-electron chi connectivity index (χ0n) is 6.43. The zero-order valence-corrected chi connectivity index (χ0v) is 7.25. The quantitative estimate of drug-likeness (QED) is 0.392. The Morgan fingerprint density at radius 1 is 1.46 bits per heavy atom. The SMILES string of the molecule is NC(=O)C(Sc1ncn[nH]1)C(N)=O. The molecule has 1 aromatic heterocycles. The van der Waals surface area contributed by atoms with Gasteiger partial charge in [-0.15, -0.1) is 0 Å². The molecular formula is C5H7N5O2S. The van der Waals surface area contributed by atoms with Gasteiger partial charge in [0.15, 0.2) is 10.4 Å². The van der Waals surface area contributed by atoms with Gasteiger partial charge in [-0.25, -0.2) is 4.98 Å². The van der Waals surface area contributed by atoms with Crippen molar-refractivity contribution in [2.24, 2.45) is 11.5 Å². The molecule has 0 bridgehead atoms. The summed E-state index contributed by atoms with van der Waals surface area (Å²) < 4.78 is 0. The van der Waals surface area contributed by atoms with Crippen LogP contribution >= 0.6 is 11.8 Å². The van der Waals surface area contributed by atoms with Gasteiger partial charge in [-0.05, 0) is 0 Å². The van der Waals surface area contributed by atoms with Gasteiger partial charge in [0.1, 0.15) is 6.33 Å². The molecule has 0 fully saturated rings. The number of carbonyl (C=O) groups excluding carboxylic acids is 2. The van der Waals surface area contributed by atoms with Crippen LogP contribution < -0.4 is 11.5 Å². The number of hydrogen-bond acceptors (Lipinski definition) is 5. The molecule has 1 aromatic rings. The normalized spacial score (nSPS) is 10.2. The van der Waals surface area contributed by atoms with Crippen LogP contribution in [0.2, 0.25) is 0 Å². The van der Waals surface area contributed by atoms with Crippen molar-refractivity contribution in [1.29, 1.82) is 0 Å². The van der Waals surface area contributed by atoms with Crippen molar-refractivity contribution in [2.45, 2.75) is 10.4 Å². The predicted molar refractivity (Wildman–Crippen MR) is 44.4 cm³/mol. The van der Waals surface area contributed by atoms with Gasteiger partial charge in [0.2, 0.25) is 11.8 Å². The molecule has 0 aliphatic rings. The molecule has 0 aliphatic heterocycles. The third-order valence-corrected chi connectivity index (χ3v) is 2.26. The topological polar surface area (TPSA) is 128 Å². The maximum atomic E-state index is 10.7. The van der Waals surface area contributed by atoms with Gasteiger partial charge < -0.3 is 11.5 Å². The molecular weight excluding hydrogens is 194 g/mol. The smallest absolute Gasteiger partial charge is 0.240 e. The van der Waals surface area contributed by atoms with E-state index >= 15 is 0 Å². The molecule has 1 heterocycles. The van der Waals surface area contributed by atoms with E-state index in [-0.39, 0.29) is 0 Å². The molecule has 13 heavy (non-hydrogen) atoms. The zero-order chi connectivity index (χ0) is 9.84. The first-order valence-electron chi connectivity index (χ1n) is 3.22. The first-order valence-corrected chi connectivity index (χ1v) is 4.10. The minimum Gasteiger partial charge on any atom is -0.368 e. The second-order valence-electron chi connectivity index (χ2n) is 2.09. The molecule has 1 rings (SSSR count). The summed E-state index contributed by atoms with van der Waals surface area (Å²) >= 11 is 0.833. The van der Waals surface area contributed by atoms with Crippen LogP contribution in [0, 0.1) is 0 Å². The summed E-state index contributed by atoms with van der Waals surface area (Å²) in [7, 11) is 0. The van der Waals surface area contributed by atoms with Crippen LogP contribution in [0.3, 0.4) is 0 Å². The molecule has 0 atom stereocenters. The van der Waals surface area contributed by atoms with Crippen LogP contribution in [-0.2, 0) is 9.59 Å². The lowest BCUT2D eigenvalue weighted by molar-refractivity contribution is -0.125. The monoisotopic (exact) mass is 201 g/mol. The minimum absolute atomic E-state index is 0.322. The molecule has 2 amide bonds. The Bertz CT molecular complexity index is 297. The van der Waals surface area contributed by atoms with E-state index < -0.39 is 17.1 Å². The highest BCUT2D eigenvalue weighted by atomic mass is 32.2. The average Bonchev–Trinajstić information content (AvgIpc) is 2.50. The minimum atomic E-state index is -1.12. The van der Waals surface area contributed by atoms with Gasteiger partial charge in [0.25, 0.3) is 0 Å². The molecule has 70 valence electrons. The van der Waals surface area contributed by atoms with Gasteiger partial charge in [-0.2, -0.15) is 5.10 Å². The first kappa shape index (κ1) is 9.52. The van der Waals surface area contributed by atoms with Crippen molar-refractivity contribution in [3.8, 4) is 0 Å². The molecule has 0 aromatic carbocycles. The molecule has 0 unspecified atom stereocenters.